The molecule has 0 spiro atoms. The third kappa shape index (κ3) is 1.61. The van der Waals surface area contributed by atoms with Gasteiger partial charge in [0, 0.05) is 17.6 Å². The molecule has 0 saturated heterocycles. The van der Waals surface area contributed by atoms with Crippen LogP contribution in [0.2, 0.25) is 0 Å². The first-order chi connectivity index (χ1) is 4.33. The lowest BCUT2D eigenvalue weighted by Crippen LogP contribution is -1.85. The highest BCUT2D eigenvalue weighted by Gasteiger charge is 1.88. The molecular formula is C7H7ClN. The van der Waals surface area contributed by atoms with E-state index in [1.807, 2.05) is 12.1 Å². The van der Waals surface area contributed by atoms with Gasteiger partial charge in [-0.3, -0.25) is 0 Å². The summed E-state index contributed by atoms with van der Waals surface area (Å²) in [6.07, 6.45) is 0. The van der Waals surface area contributed by atoms with Crippen molar-refractivity contribution < 1.29 is 0 Å². The second-order valence-corrected chi connectivity index (χ2v) is 2.05. The van der Waals surface area contributed by atoms with Crippen molar-refractivity contribution in [3.8, 4) is 0 Å². The third-order valence-electron chi connectivity index (χ3n) is 1.04. The smallest absolute Gasteiger partial charge is 0.0474 e. The van der Waals surface area contributed by atoms with Gasteiger partial charge in [-0.1, -0.05) is 12.1 Å². The molecule has 0 atom stereocenters. The van der Waals surface area contributed by atoms with Crippen LogP contribution in [-0.2, 0) is 5.88 Å². The van der Waals surface area contributed by atoms with Crippen molar-refractivity contribution in [1.82, 2.24) is 0 Å². The Morgan fingerprint density at radius 2 is 2.44 bits per heavy atom. The first-order valence-electron chi connectivity index (χ1n) is 2.65. The predicted molar refractivity (Wildman–Crippen MR) is 39.2 cm³/mol. The molecule has 2 heteroatoms. The van der Waals surface area contributed by atoms with Crippen molar-refractivity contribution in [3.05, 3.63) is 29.8 Å². The number of anilines is 1. The number of halogens is 1. The summed E-state index contributed by atoms with van der Waals surface area (Å²) in [5.74, 6) is 0.513. The fourth-order valence-corrected chi connectivity index (χ4v) is 0.784. The zero-order valence-electron chi connectivity index (χ0n) is 4.89. The monoisotopic (exact) mass is 140 g/mol. The van der Waals surface area contributed by atoms with E-state index in [1.54, 1.807) is 6.07 Å². The van der Waals surface area contributed by atoms with E-state index >= 15 is 0 Å². The Hall–Kier alpha value is -0.690. The van der Waals surface area contributed by atoms with E-state index in [4.69, 9.17) is 17.3 Å². The van der Waals surface area contributed by atoms with Gasteiger partial charge in [0.05, 0.1) is 0 Å². The molecule has 1 rings (SSSR count). The Kier molecular flexibility index (Phi) is 1.96. The van der Waals surface area contributed by atoms with Gasteiger partial charge in [0.2, 0.25) is 0 Å². The van der Waals surface area contributed by atoms with E-state index in [1.165, 1.54) is 0 Å². The third-order valence-corrected chi connectivity index (χ3v) is 1.35. The maximum atomic E-state index is 5.53. The zero-order valence-corrected chi connectivity index (χ0v) is 5.65. The highest BCUT2D eigenvalue weighted by atomic mass is 35.5. The van der Waals surface area contributed by atoms with Crippen LogP contribution in [0.3, 0.4) is 0 Å². The molecule has 0 bridgehead atoms. The van der Waals surface area contributed by atoms with Crippen LogP contribution in [0.1, 0.15) is 5.56 Å². The summed E-state index contributed by atoms with van der Waals surface area (Å²) in [6, 6.07) is 8.30. The molecular weight excluding hydrogens is 134 g/mol. The van der Waals surface area contributed by atoms with Crippen molar-refractivity contribution in [1.29, 1.82) is 0 Å². The van der Waals surface area contributed by atoms with Gasteiger partial charge in [-0.25, -0.2) is 0 Å². The quantitative estimate of drug-likeness (QED) is 0.467. The first-order valence-corrected chi connectivity index (χ1v) is 3.18. The molecule has 2 N–H and O–H groups in total. The average molecular weight is 141 g/mol. The summed E-state index contributed by atoms with van der Waals surface area (Å²) in [7, 11) is 0. The van der Waals surface area contributed by atoms with Crippen molar-refractivity contribution in [2.24, 2.45) is 0 Å². The SMILES string of the molecule is Nc1[c]ccc(CCl)c1. The van der Waals surface area contributed by atoms with Gasteiger partial charge in [-0.05, 0) is 11.6 Å². The maximum absolute atomic E-state index is 5.53. The molecule has 0 amide bonds. The molecule has 1 nitrogen and oxygen atoms in total. The largest absolute Gasteiger partial charge is 0.398 e. The molecule has 1 aromatic rings. The molecule has 0 aliphatic rings. The fraction of sp³-hybridized carbons (Fsp3) is 0.143. The number of benzene rings is 1. The molecule has 0 heterocycles. The number of rotatable bonds is 1. The lowest BCUT2D eigenvalue weighted by Gasteiger charge is -1.93. The van der Waals surface area contributed by atoms with Crippen LogP contribution < -0.4 is 5.73 Å². The van der Waals surface area contributed by atoms with Crippen LogP contribution in [0, 0.1) is 6.07 Å². The van der Waals surface area contributed by atoms with Gasteiger partial charge < -0.3 is 5.73 Å². The van der Waals surface area contributed by atoms with E-state index in [0.717, 1.165) is 5.56 Å². The highest BCUT2D eigenvalue weighted by Crippen LogP contribution is 2.07. The number of hydrogen-bond donors (Lipinski definition) is 1. The molecule has 0 saturated carbocycles. The number of alkyl halides is 1. The summed E-state index contributed by atoms with van der Waals surface area (Å²) < 4.78 is 0. The van der Waals surface area contributed by atoms with Crippen molar-refractivity contribution in [2.75, 3.05) is 5.73 Å². The van der Waals surface area contributed by atoms with Crippen LogP contribution in [0.4, 0.5) is 5.69 Å². The Balaban J connectivity index is 2.94. The summed E-state index contributed by atoms with van der Waals surface area (Å²) in [5, 5.41) is 0. The van der Waals surface area contributed by atoms with Crippen molar-refractivity contribution in [3.63, 3.8) is 0 Å². The van der Waals surface area contributed by atoms with E-state index in [0.29, 0.717) is 11.6 Å². The van der Waals surface area contributed by atoms with Gasteiger partial charge in [0.25, 0.3) is 0 Å². The molecule has 1 radical (unpaired) electrons. The van der Waals surface area contributed by atoms with Crippen LogP contribution in [0.15, 0.2) is 18.2 Å². The number of nitrogens with two attached hydrogens (primary N) is 1. The van der Waals surface area contributed by atoms with Crippen LogP contribution in [0.5, 0.6) is 0 Å². The Labute approximate surface area is 59.4 Å². The molecule has 0 unspecified atom stereocenters. The summed E-state index contributed by atoms with van der Waals surface area (Å²) in [6.45, 7) is 0. The van der Waals surface area contributed by atoms with Gasteiger partial charge in [0.15, 0.2) is 0 Å². The fourth-order valence-electron chi connectivity index (χ4n) is 0.618. The van der Waals surface area contributed by atoms with Crippen LogP contribution >= 0.6 is 11.6 Å². The maximum Gasteiger partial charge on any atom is 0.0474 e. The summed E-state index contributed by atoms with van der Waals surface area (Å²) >= 11 is 5.53. The van der Waals surface area contributed by atoms with E-state index in [-0.39, 0.29) is 0 Å². The van der Waals surface area contributed by atoms with Gasteiger partial charge in [0.1, 0.15) is 0 Å². The zero-order chi connectivity index (χ0) is 6.69. The highest BCUT2D eigenvalue weighted by molar-refractivity contribution is 6.17. The van der Waals surface area contributed by atoms with E-state index in [9.17, 15) is 0 Å². The lowest BCUT2D eigenvalue weighted by atomic mass is 10.2. The molecule has 0 aliphatic carbocycles. The molecule has 0 aliphatic heterocycles. The lowest BCUT2D eigenvalue weighted by molar-refractivity contribution is 1.40. The molecule has 9 heavy (non-hydrogen) atoms. The summed E-state index contributed by atoms with van der Waals surface area (Å²) in [4.78, 5) is 0. The Morgan fingerprint density at radius 3 is 2.89 bits per heavy atom. The van der Waals surface area contributed by atoms with Gasteiger partial charge in [-0.15, -0.1) is 11.6 Å². The average Bonchev–Trinajstić information content (AvgIpc) is 1.88. The Morgan fingerprint density at radius 1 is 1.67 bits per heavy atom. The van der Waals surface area contributed by atoms with Crippen molar-refractivity contribution >= 4 is 17.3 Å². The van der Waals surface area contributed by atoms with Crippen molar-refractivity contribution in [2.45, 2.75) is 5.88 Å². The van der Waals surface area contributed by atoms with E-state index < -0.39 is 0 Å². The minimum Gasteiger partial charge on any atom is -0.398 e. The van der Waals surface area contributed by atoms with Gasteiger partial charge >= 0.3 is 0 Å². The van der Waals surface area contributed by atoms with Crippen LogP contribution in [0.25, 0.3) is 0 Å². The second kappa shape index (κ2) is 2.74. The number of hydrogen-bond acceptors (Lipinski definition) is 1. The topological polar surface area (TPSA) is 26.0 Å². The number of nitrogen functional groups attached to an aromatic ring is 1. The Bertz CT molecular complexity index is 198. The van der Waals surface area contributed by atoms with E-state index in [2.05, 4.69) is 6.07 Å². The molecule has 1 aromatic carbocycles. The first kappa shape index (κ1) is 6.43. The van der Waals surface area contributed by atoms with Gasteiger partial charge in [-0.2, -0.15) is 0 Å². The molecule has 0 aromatic heterocycles. The molecule has 47 valence electrons. The normalized spacial score (nSPS) is 9.44. The standard InChI is InChI=1S/C7H7ClN/c8-5-6-2-1-3-7(9)4-6/h1-2,4H,5,9H2. The predicted octanol–water partition coefficient (Wildman–Crippen LogP) is 1.81. The van der Waals surface area contributed by atoms with Crippen LogP contribution in [-0.4, -0.2) is 0 Å². The second-order valence-electron chi connectivity index (χ2n) is 1.79. The molecule has 0 fully saturated rings. The summed E-state index contributed by atoms with van der Waals surface area (Å²) in [5.41, 5.74) is 7.10. The minimum absolute atomic E-state index is 0.513. The minimum atomic E-state index is 0.513.